The SMILES string of the molecule is CN(Cc1c(O)nc[nH]c1=O)c1ccccc1. The van der Waals surface area contributed by atoms with E-state index in [0.29, 0.717) is 6.54 Å². The fourth-order valence-corrected chi connectivity index (χ4v) is 1.57. The van der Waals surface area contributed by atoms with E-state index in [1.165, 1.54) is 6.33 Å². The van der Waals surface area contributed by atoms with Gasteiger partial charge in [-0.3, -0.25) is 4.79 Å². The zero-order valence-corrected chi connectivity index (χ0v) is 9.42. The highest BCUT2D eigenvalue weighted by atomic mass is 16.3. The molecule has 0 radical (unpaired) electrons. The van der Waals surface area contributed by atoms with Gasteiger partial charge in [-0.25, -0.2) is 4.98 Å². The first kappa shape index (κ1) is 11.2. The number of aromatic hydroxyl groups is 1. The van der Waals surface area contributed by atoms with Gasteiger partial charge in [0.1, 0.15) is 0 Å². The summed E-state index contributed by atoms with van der Waals surface area (Å²) >= 11 is 0. The molecule has 0 atom stereocenters. The highest BCUT2D eigenvalue weighted by molar-refractivity contribution is 5.46. The second-order valence-electron chi connectivity index (χ2n) is 3.73. The molecule has 0 aliphatic heterocycles. The molecule has 0 amide bonds. The summed E-state index contributed by atoms with van der Waals surface area (Å²) in [6.45, 7) is 0.305. The van der Waals surface area contributed by atoms with Gasteiger partial charge in [0.05, 0.1) is 18.4 Å². The Labute approximate surface area is 98.4 Å². The largest absolute Gasteiger partial charge is 0.493 e. The van der Waals surface area contributed by atoms with E-state index in [9.17, 15) is 9.90 Å². The Balaban J connectivity index is 2.25. The minimum Gasteiger partial charge on any atom is -0.493 e. The minimum atomic E-state index is -0.319. The zero-order chi connectivity index (χ0) is 12.3. The molecule has 0 aliphatic rings. The molecule has 2 N–H and O–H groups in total. The molecule has 1 aromatic heterocycles. The van der Waals surface area contributed by atoms with Crippen LogP contribution in [0.4, 0.5) is 5.69 Å². The monoisotopic (exact) mass is 231 g/mol. The van der Waals surface area contributed by atoms with Crippen LogP contribution in [0.25, 0.3) is 0 Å². The first-order valence-corrected chi connectivity index (χ1v) is 5.20. The topological polar surface area (TPSA) is 69.2 Å². The van der Waals surface area contributed by atoms with Crippen molar-refractivity contribution in [3.8, 4) is 5.88 Å². The Bertz CT molecular complexity index is 551. The van der Waals surface area contributed by atoms with Gasteiger partial charge in [0.15, 0.2) is 0 Å². The van der Waals surface area contributed by atoms with Crippen molar-refractivity contribution in [2.24, 2.45) is 0 Å². The van der Waals surface area contributed by atoms with Crippen LogP contribution in [0, 0.1) is 0 Å². The average molecular weight is 231 g/mol. The van der Waals surface area contributed by atoms with Gasteiger partial charge in [-0.05, 0) is 12.1 Å². The first-order chi connectivity index (χ1) is 8.18. The van der Waals surface area contributed by atoms with E-state index in [1.54, 1.807) is 0 Å². The molecule has 2 rings (SSSR count). The van der Waals surface area contributed by atoms with Crippen molar-refractivity contribution < 1.29 is 5.11 Å². The number of nitrogens with zero attached hydrogens (tertiary/aromatic N) is 2. The quantitative estimate of drug-likeness (QED) is 0.830. The molecule has 1 heterocycles. The Morgan fingerprint density at radius 3 is 2.71 bits per heavy atom. The molecule has 88 valence electrons. The summed E-state index contributed by atoms with van der Waals surface area (Å²) < 4.78 is 0. The molecule has 1 aromatic carbocycles. The second kappa shape index (κ2) is 4.69. The molecule has 0 fully saturated rings. The Hall–Kier alpha value is -2.30. The fourth-order valence-electron chi connectivity index (χ4n) is 1.57. The smallest absolute Gasteiger partial charge is 0.259 e. The van der Waals surface area contributed by atoms with E-state index < -0.39 is 0 Å². The lowest BCUT2D eigenvalue weighted by atomic mass is 10.2. The molecular formula is C12H13N3O2. The molecule has 17 heavy (non-hydrogen) atoms. The second-order valence-corrected chi connectivity index (χ2v) is 3.73. The van der Waals surface area contributed by atoms with Crippen molar-refractivity contribution in [3.63, 3.8) is 0 Å². The van der Waals surface area contributed by atoms with Gasteiger partial charge in [0, 0.05) is 12.7 Å². The van der Waals surface area contributed by atoms with Crippen LogP contribution in [-0.4, -0.2) is 22.1 Å². The van der Waals surface area contributed by atoms with E-state index in [1.807, 2.05) is 42.3 Å². The van der Waals surface area contributed by atoms with E-state index in [2.05, 4.69) is 9.97 Å². The standard InChI is InChI=1S/C12H13N3O2/c1-15(9-5-3-2-4-6-9)7-10-11(16)13-8-14-12(10)17/h2-6,8H,7H2,1H3,(H2,13,14,16,17). The maximum atomic E-state index is 11.5. The van der Waals surface area contributed by atoms with Gasteiger partial charge >= 0.3 is 0 Å². The number of H-pyrrole nitrogens is 1. The minimum absolute atomic E-state index is 0.225. The van der Waals surface area contributed by atoms with Gasteiger partial charge in [-0.15, -0.1) is 0 Å². The van der Waals surface area contributed by atoms with E-state index >= 15 is 0 Å². The van der Waals surface area contributed by atoms with Crippen LogP contribution in [-0.2, 0) is 6.54 Å². The van der Waals surface area contributed by atoms with Crippen molar-refractivity contribution >= 4 is 5.69 Å². The molecule has 0 unspecified atom stereocenters. The summed E-state index contributed by atoms with van der Waals surface area (Å²) in [5, 5.41) is 9.53. The molecule has 0 bridgehead atoms. The number of aromatic amines is 1. The highest BCUT2D eigenvalue weighted by Crippen LogP contribution is 2.16. The predicted molar refractivity (Wildman–Crippen MR) is 65.1 cm³/mol. The van der Waals surface area contributed by atoms with Gasteiger partial charge in [-0.1, -0.05) is 18.2 Å². The van der Waals surface area contributed by atoms with Crippen molar-refractivity contribution in [2.75, 3.05) is 11.9 Å². The molecule has 5 nitrogen and oxygen atoms in total. The van der Waals surface area contributed by atoms with Crippen molar-refractivity contribution in [3.05, 3.63) is 52.6 Å². The van der Waals surface area contributed by atoms with Gasteiger partial charge in [-0.2, -0.15) is 0 Å². The number of rotatable bonds is 3. The number of hydrogen-bond donors (Lipinski definition) is 2. The molecule has 5 heteroatoms. The van der Waals surface area contributed by atoms with Crippen LogP contribution in [0.5, 0.6) is 5.88 Å². The third kappa shape index (κ3) is 2.44. The normalized spacial score (nSPS) is 10.2. The van der Waals surface area contributed by atoms with Gasteiger partial charge in [0.2, 0.25) is 5.88 Å². The predicted octanol–water partition coefficient (Wildman–Crippen LogP) is 1.11. The fraction of sp³-hybridized carbons (Fsp3) is 0.167. The number of hydrogen-bond acceptors (Lipinski definition) is 4. The molecule has 0 aliphatic carbocycles. The number of aromatic nitrogens is 2. The van der Waals surface area contributed by atoms with Crippen LogP contribution < -0.4 is 10.5 Å². The third-order valence-corrected chi connectivity index (χ3v) is 2.52. The molecular weight excluding hydrogens is 218 g/mol. The molecule has 0 spiro atoms. The van der Waals surface area contributed by atoms with Gasteiger partial charge in [0.25, 0.3) is 5.56 Å². The number of benzene rings is 1. The Morgan fingerprint density at radius 1 is 1.35 bits per heavy atom. The summed E-state index contributed by atoms with van der Waals surface area (Å²) in [5.41, 5.74) is 0.911. The van der Waals surface area contributed by atoms with Crippen LogP contribution in [0.3, 0.4) is 0 Å². The van der Waals surface area contributed by atoms with E-state index in [4.69, 9.17) is 0 Å². The molecule has 0 saturated carbocycles. The van der Waals surface area contributed by atoms with Crippen molar-refractivity contribution in [2.45, 2.75) is 6.54 Å². The van der Waals surface area contributed by atoms with Gasteiger partial charge < -0.3 is 15.0 Å². The van der Waals surface area contributed by atoms with Crippen LogP contribution >= 0.6 is 0 Å². The van der Waals surface area contributed by atoms with E-state index in [0.717, 1.165) is 5.69 Å². The summed E-state index contributed by atoms with van der Waals surface area (Å²) in [7, 11) is 1.85. The molecule has 0 saturated heterocycles. The lowest BCUT2D eigenvalue weighted by molar-refractivity contribution is 0.442. The molecule has 2 aromatic rings. The van der Waals surface area contributed by atoms with Crippen molar-refractivity contribution in [1.82, 2.24) is 9.97 Å². The van der Waals surface area contributed by atoms with Crippen molar-refractivity contribution in [1.29, 1.82) is 0 Å². The maximum Gasteiger partial charge on any atom is 0.259 e. The Kier molecular flexibility index (Phi) is 3.09. The van der Waals surface area contributed by atoms with Crippen LogP contribution in [0.2, 0.25) is 0 Å². The first-order valence-electron chi connectivity index (χ1n) is 5.20. The van der Waals surface area contributed by atoms with Crippen LogP contribution in [0.15, 0.2) is 41.5 Å². The summed E-state index contributed by atoms with van der Waals surface area (Å²) in [6.07, 6.45) is 1.18. The highest BCUT2D eigenvalue weighted by Gasteiger charge is 2.10. The van der Waals surface area contributed by atoms with Crippen LogP contribution in [0.1, 0.15) is 5.56 Å². The zero-order valence-electron chi connectivity index (χ0n) is 9.42. The summed E-state index contributed by atoms with van der Waals surface area (Å²) in [4.78, 5) is 19.5. The maximum absolute atomic E-state index is 11.5. The lowest BCUT2D eigenvalue weighted by Crippen LogP contribution is -2.23. The Morgan fingerprint density at radius 2 is 2.06 bits per heavy atom. The number of nitrogens with one attached hydrogen (secondary N) is 1. The number of para-hydroxylation sites is 1. The summed E-state index contributed by atoms with van der Waals surface area (Å²) in [5.74, 6) is -0.225. The average Bonchev–Trinajstić information content (AvgIpc) is 2.35. The third-order valence-electron chi connectivity index (χ3n) is 2.52. The summed E-state index contributed by atoms with van der Waals surface area (Å²) in [6, 6.07) is 9.62. The number of anilines is 1. The van der Waals surface area contributed by atoms with E-state index in [-0.39, 0.29) is 17.0 Å². The lowest BCUT2D eigenvalue weighted by Gasteiger charge is -2.18.